The van der Waals surface area contributed by atoms with Crippen LogP contribution < -0.4 is 0 Å². The molecule has 12 rings (SSSR count). The molecular formula is C58H38N4. The van der Waals surface area contributed by atoms with E-state index < -0.39 is 5.41 Å². The molecule has 11 aromatic rings. The van der Waals surface area contributed by atoms with Gasteiger partial charge in [-0.3, -0.25) is 0 Å². The Bertz CT molecular complexity index is 3350. The number of para-hydroxylation sites is 3. The van der Waals surface area contributed by atoms with Gasteiger partial charge in [-0.15, -0.1) is 0 Å². The van der Waals surface area contributed by atoms with Crippen LogP contribution >= 0.6 is 0 Å². The average molecular weight is 791 g/mol. The summed E-state index contributed by atoms with van der Waals surface area (Å²) in [6.07, 6.45) is 0. The number of nitrogens with zero attached hydrogens (tertiary/aromatic N) is 4. The van der Waals surface area contributed by atoms with Gasteiger partial charge in [0.25, 0.3) is 0 Å². The van der Waals surface area contributed by atoms with Crippen LogP contribution in [0, 0.1) is 0 Å². The Morgan fingerprint density at radius 2 is 0.774 bits per heavy atom. The highest BCUT2D eigenvalue weighted by Gasteiger charge is 2.45. The number of fused-ring (bicyclic) bond motifs is 5. The second-order valence-electron chi connectivity index (χ2n) is 15.9. The number of rotatable bonds is 7. The van der Waals surface area contributed by atoms with E-state index in [1.165, 1.54) is 49.7 Å². The lowest BCUT2D eigenvalue weighted by Gasteiger charge is -2.41. The molecule has 9 aromatic carbocycles. The Labute approximate surface area is 360 Å². The molecule has 62 heavy (non-hydrogen) atoms. The van der Waals surface area contributed by atoms with E-state index >= 15 is 0 Å². The van der Waals surface area contributed by atoms with Crippen molar-refractivity contribution in [2.75, 3.05) is 0 Å². The van der Waals surface area contributed by atoms with E-state index in [9.17, 15) is 0 Å². The van der Waals surface area contributed by atoms with Gasteiger partial charge in [0.15, 0.2) is 17.5 Å². The topological polar surface area (TPSA) is 43.6 Å². The van der Waals surface area contributed by atoms with E-state index in [1.807, 2.05) is 12.1 Å². The molecular weight excluding hydrogens is 753 g/mol. The lowest BCUT2D eigenvalue weighted by molar-refractivity contribution is 0.728. The molecule has 0 saturated carbocycles. The average Bonchev–Trinajstić information content (AvgIpc) is 3.70. The van der Waals surface area contributed by atoms with Gasteiger partial charge in [-0.1, -0.05) is 218 Å². The highest BCUT2D eigenvalue weighted by molar-refractivity contribution is 6.12. The second-order valence-corrected chi connectivity index (χ2v) is 15.9. The Morgan fingerprint density at radius 3 is 1.42 bits per heavy atom. The lowest BCUT2D eigenvalue weighted by Crippen LogP contribution is -2.35. The maximum atomic E-state index is 5.30. The molecule has 0 bridgehead atoms. The van der Waals surface area contributed by atoms with E-state index in [4.69, 9.17) is 15.0 Å². The van der Waals surface area contributed by atoms with Crippen molar-refractivity contribution in [2.24, 2.45) is 0 Å². The quantitative estimate of drug-likeness (QED) is 0.161. The van der Waals surface area contributed by atoms with Gasteiger partial charge in [-0.2, -0.15) is 0 Å². The van der Waals surface area contributed by atoms with E-state index in [1.54, 1.807) is 0 Å². The zero-order valence-electron chi connectivity index (χ0n) is 33.7. The normalized spacial score (nSPS) is 14.2. The molecule has 1 aliphatic heterocycles. The Morgan fingerprint density at radius 1 is 0.306 bits per heavy atom. The van der Waals surface area contributed by atoms with Crippen LogP contribution in [0.4, 0.5) is 0 Å². The number of hydrogen-bond acceptors (Lipinski definition) is 3. The van der Waals surface area contributed by atoms with Crippen molar-refractivity contribution in [3.05, 3.63) is 253 Å². The van der Waals surface area contributed by atoms with Crippen molar-refractivity contribution in [1.29, 1.82) is 0 Å². The van der Waals surface area contributed by atoms with E-state index in [0.29, 0.717) is 17.5 Å². The molecule has 4 heteroatoms. The molecule has 2 aromatic heterocycles. The molecule has 0 radical (unpaired) electrons. The Balaban J connectivity index is 1.09. The van der Waals surface area contributed by atoms with Gasteiger partial charge < -0.3 is 4.57 Å². The van der Waals surface area contributed by atoms with Gasteiger partial charge in [0.1, 0.15) is 0 Å². The Kier molecular flexibility index (Phi) is 8.36. The zero-order chi connectivity index (χ0) is 41.0. The summed E-state index contributed by atoms with van der Waals surface area (Å²) in [5.74, 6) is 1.86. The molecule has 0 aliphatic carbocycles. The largest absolute Gasteiger partial charge is 0.309 e. The summed E-state index contributed by atoms with van der Waals surface area (Å²) in [7, 11) is 0. The summed E-state index contributed by atoms with van der Waals surface area (Å²) in [6.45, 7) is 0. The Hall–Kier alpha value is -8.21. The minimum Gasteiger partial charge on any atom is -0.309 e. The third-order valence-electron chi connectivity index (χ3n) is 12.6. The smallest absolute Gasteiger partial charge is 0.164 e. The maximum Gasteiger partial charge on any atom is 0.164 e. The van der Waals surface area contributed by atoms with Crippen molar-refractivity contribution in [3.63, 3.8) is 0 Å². The first-order chi connectivity index (χ1) is 30.8. The van der Waals surface area contributed by atoms with Crippen LogP contribution in [-0.2, 0) is 5.41 Å². The van der Waals surface area contributed by atoms with Crippen LogP contribution in [0.1, 0.15) is 22.3 Å². The number of hydrogen-bond donors (Lipinski definition) is 0. The minimum atomic E-state index is -0.612. The molecule has 1 unspecified atom stereocenters. The van der Waals surface area contributed by atoms with Gasteiger partial charge in [0.05, 0.1) is 22.1 Å². The predicted molar refractivity (Wildman–Crippen MR) is 253 cm³/mol. The third-order valence-corrected chi connectivity index (χ3v) is 12.6. The van der Waals surface area contributed by atoms with Gasteiger partial charge in [-0.25, -0.2) is 15.0 Å². The predicted octanol–water partition coefficient (Wildman–Crippen LogP) is 14.0. The third kappa shape index (κ3) is 5.50. The molecule has 0 spiro atoms. The van der Waals surface area contributed by atoms with Crippen molar-refractivity contribution in [2.45, 2.75) is 5.41 Å². The lowest BCUT2D eigenvalue weighted by atomic mass is 9.63. The monoisotopic (exact) mass is 790 g/mol. The summed E-state index contributed by atoms with van der Waals surface area (Å²) in [5, 5.41) is 2.50. The molecule has 1 atom stereocenters. The van der Waals surface area contributed by atoms with Gasteiger partial charge >= 0.3 is 0 Å². The first-order valence-electron chi connectivity index (χ1n) is 21.1. The number of aromatic nitrogens is 4. The molecule has 0 amide bonds. The van der Waals surface area contributed by atoms with Crippen molar-refractivity contribution < 1.29 is 0 Å². The molecule has 4 nitrogen and oxygen atoms in total. The van der Waals surface area contributed by atoms with Crippen LogP contribution in [0.25, 0.3) is 83.9 Å². The summed E-state index contributed by atoms with van der Waals surface area (Å²) in [5.41, 5.74) is 15.0. The summed E-state index contributed by atoms with van der Waals surface area (Å²) in [6, 6.07) is 82.2. The number of benzene rings is 9. The second kappa shape index (κ2) is 14.5. The fraction of sp³-hybridized carbons (Fsp3) is 0.0172. The fourth-order valence-corrected chi connectivity index (χ4v) is 9.89. The van der Waals surface area contributed by atoms with Crippen LogP contribution in [0.5, 0.6) is 0 Å². The van der Waals surface area contributed by atoms with Crippen molar-refractivity contribution in [1.82, 2.24) is 19.5 Å². The van der Waals surface area contributed by atoms with E-state index in [0.717, 1.165) is 38.9 Å². The first-order valence-corrected chi connectivity index (χ1v) is 21.1. The standard InChI is InChI=1S/C58H38N4/c1-4-19-39(20-5-1)44-25-10-12-28-48(44)56-59-55(60-57(61-56)49-29-13-11-26-45(49)40-21-6-2-7-22-40)41-35-37-43(38-36-41)58(42-23-8-3-9-24-42)50-31-15-17-34-53(50)62-52-33-16-14-27-46(52)47-30-18-32-51(58)54(47)62/h1-38H. The summed E-state index contributed by atoms with van der Waals surface area (Å²) >= 11 is 0. The summed E-state index contributed by atoms with van der Waals surface area (Å²) < 4.78 is 2.47. The van der Waals surface area contributed by atoms with E-state index in [2.05, 4.69) is 223 Å². The van der Waals surface area contributed by atoms with Gasteiger partial charge in [-0.05, 0) is 56.6 Å². The highest BCUT2D eigenvalue weighted by Crippen LogP contribution is 2.54. The van der Waals surface area contributed by atoms with E-state index in [-0.39, 0.29) is 0 Å². The van der Waals surface area contributed by atoms with Crippen LogP contribution in [0.3, 0.4) is 0 Å². The highest BCUT2D eigenvalue weighted by atomic mass is 15.0. The van der Waals surface area contributed by atoms with Gasteiger partial charge in [0, 0.05) is 27.5 Å². The van der Waals surface area contributed by atoms with Crippen LogP contribution in [-0.4, -0.2) is 19.5 Å². The molecule has 0 saturated heterocycles. The summed E-state index contributed by atoms with van der Waals surface area (Å²) in [4.78, 5) is 15.9. The molecule has 290 valence electrons. The zero-order valence-corrected chi connectivity index (χ0v) is 33.7. The van der Waals surface area contributed by atoms with Gasteiger partial charge in [0.2, 0.25) is 0 Å². The minimum absolute atomic E-state index is 0.612. The van der Waals surface area contributed by atoms with Crippen LogP contribution in [0.15, 0.2) is 231 Å². The maximum absolute atomic E-state index is 5.30. The molecule has 0 fully saturated rings. The fourth-order valence-electron chi connectivity index (χ4n) is 9.89. The molecule has 1 aliphatic rings. The van der Waals surface area contributed by atoms with Crippen molar-refractivity contribution >= 4 is 21.8 Å². The SMILES string of the molecule is c1ccc(-c2ccccc2-c2nc(-c3ccc(C4(c5ccccc5)c5ccccc5-n5c6ccccc6c6cccc4c65)cc3)nc(-c3ccccc3-c3ccccc3)n2)cc1. The molecule has 0 N–H and O–H groups in total. The first kappa shape index (κ1) is 35.7. The molecule has 3 heterocycles. The van der Waals surface area contributed by atoms with Crippen molar-refractivity contribution in [3.8, 4) is 62.1 Å². The van der Waals surface area contributed by atoms with Crippen LogP contribution in [0.2, 0.25) is 0 Å².